The van der Waals surface area contributed by atoms with Gasteiger partial charge in [0.2, 0.25) is 0 Å². The van der Waals surface area contributed by atoms with Gasteiger partial charge < -0.3 is 5.11 Å². The first-order valence-electron chi connectivity index (χ1n) is 5.09. The van der Waals surface area contributed by atoms with Crippen molar-refractivity contribution in [3.63, 3.8) is 0 Å². The first-order valence-corrected chi connectivity index (χ1v) is 8.25. The van der Waals surface area contributed by atoms with Crippen molar-refractivity contribution in [3.05, 3.63) is 44.8 Å². The number of halogens is 2. The van der Waals surface area contributed by atoms with Gasteiger partial charge in [-0.1, -0.05) is 15.9 Å². The van der Waals surface area contributed by atoms with Crippen LogP contribution in [0.2, 0.25) is 0 Å². The van der Waals surface area contributed by atoms with E-state index in [1.54, 1.807) is 5.38 Å². The van der Waals surface area contributed by atoms with Crippen LogP contribution in [0.4, 0.5) is 10.1 Å². The van der Waals surface area contributed by atoms with Crippen LogP contribution in [0.5, 0.6) is 0 Å². The van der Waals surface area contributed by atoms with Crippen LogP contribution in [0.25, 0.3) is 0 Å². The fourth-order valence-corrected chi connectivity index (χ4v) is 4.15. The van der Waals surface area contributed by atoms with Gasteiger partial charge in [-0.05, 0) is 29.6 Å². The Hall–Kier alpha value is -0.960. The zero-order valence-electron chi connectivity index (χ0n) is 9.43. The Bertz CT molecular complexity index is 700. The third-order valence-corrected chi connectivity index (χ3v) is 5.29. The van der Waals surface area contributed by atoms with E-state index in [2.05, 4.69) is 20.7 Å². The van der Waals surface area contributed by atoms with Crippen LogP contribution in [-0.4, -0.2) is 13.5 Å². The lowest BCUT2D eigenvalue weighted by atomic mass is 10.3. The standard InChI is InChI=1S/C11H9BrFNO3S2/c12-7-1-2-9(8(13)5-7)14-19(16,17)11-3-4-18-10(11)6-15/h1-5,14-15H,6H2. The van der Waals surface area contributed by atoms with Gasteiger partial charge in [-0.2, -0.15) is 0 Å². The maximum atomic E-state index is 13.6. The summed E-state index contributed by atoms with van der Waals surface area (Å²) in [6.07, 6.45) is 0. The molecule has 2 rings (SSSR count). The summed E-state index contributed by atoms with van der Waals surface area (Å²) in [6.45, 7) is -0.378. The van der Waals surface area contributed by atoms with Gasteiger partial charge >= 0.3 is 0 Å². The summed E-state index contributed by atoms with van der Waals surface area (Å²) in [5.74, 6) is -0.682. The number of rotatable bonds is 4. The Morgan fingerprint density at radius 2 is 2.11 bits per heavy atom. The number of anilines is 1. The number of thiophene rings is 1. The minimum atomic E-state index is -3.90. The molecule has 8 heteroatoms. The summed E-state index contributed by atoms with van der Waals surface area (Å²) in [7, 11) is -3.90. The minimum Gasteiger partial charge on any atom is -0.391 e. The Labute approximate surface area is 122 Å². The van der Waals surface area contributed by atoms with Crippen LogP contribution >= 0.6 is 27.3 Å². The predicted molar refractivity (Wildman–Crippen MR) is 75.2 cm³/mol. The average Bonchev–Trinajstić information content (AvgIpc) is 2.82. The number of hydrogen-bond donors (Lipinski definition) is 2. The van der Waals surface area contributed by atoms with Crippen LogP contribution in [-0.2, 0) is 16.6 Å². The second-order valence-electron chi connectivity index (χ2n) is 3.60. The number of benzene rings is 1. The van der Waals surface area contributed by atoms with Crippen LogP contribution < -0.4 is 4.72 Å². The zero-order valence-corrected chi connectivity index (χ0v) is 12.6. The molecular formula is C11H9BrFNO3S2. The van der Waals surface area contributed by atoms with Crippen molar-refractivity contribution in [2.75, 3.05) is 4.72 Å². The molecule has 102 valence electrons. The summed E-state index contributed by atoms with van der Waals surface area (Å²) in [4.78, 5) is 0.271. The van der Waals surface area contributed by atoms with E-state index < -0.39 is 15.8 Å². The molecule has 0 saturated heterocycles. The van der Waals surface area contributed by atoms with Crippen molar-refractivity contribution < 1.29 is 17.9 Å². The highest BCUT2D eigenvalue weighted by Gasteiger charge is 2.20. The smallest absolute Gasteiger partial charge is 0.263 e. The van der Waals surface area contributed by atoms with Crippen molar-refractivity contribution in [1.82, 2.24) is 0 Å². The second kappa shape index (κ2) is 5.58. The Kier molecular flexibility index (Phi) is 4.24. The van der Waals surface area contributed by atoms with Gasteiger partial charge in [0.15, 0.2) is 0 Å². The second-order valence-corrected chi connectivity index (χ2v) is 7.16. The normalized spacial score (nSPS) is 11.5. The summed E-state index contributed by atoms with van der Waals surface area (Å²) in [5.41, 5.74) is -0.140. The summed E-state index contributed by atoms with van der Waals surface area (Å²) in [5, 5.41) is 10.6. The molecule has 0 atom stereocenters. The van der Waals surface area contributed by atoms with Gasteiger partial charge in [-0.3, -0.25) is 4.72 Å². The fraction of sp³-hybridized carbons (Fsp3) is 0.0909. The predicted octanol–water partition coefficient (Wildman–Crippen LogP) is 2.94. The largest absolute Gasteiger partial charge is 0.391 e. The summed E-state index contributed by atoms with van der Waals surface area (Å²) >= 11 is 4.21. The molecule has 0 aliphatic rings. The first kappa shape index (κ1) is 14.4. The van der Waals surface area contributed by atoms with E-state index in [4.69, 9.17) is 5.11 Å². The van der Waals surface area contributed by atoms with E-state index in [0.29, 0.717) is 9.35 Å². The Morgan fingerprint density at radius 3 is 2.74 bits per heavy atom. The summed E-state index contributed by atoms with van der Waals surface area (Å²) < 4.78 is 40.4. The number of aliphatic hydroxyl groups excluding tert-OH is 1. The van der Waals surface area contributed by atoms with Crippen molar-refractivity contribution in [1.29, 1.82) is 0 Å². The molecule has 0 aliphatic heterocycles. The van der Waals surface area contributed by atoms with E-state index >= 15 is 0 Å². The van der Waals surface area contributed by atoms with Crippen molar-refractivity contribution in [2.45, 2.75) is 11.5 Å². The van der Waals surface area contributed by atoms with Gasteiger partial charge in [0, 0.05) is 4.47 Å². The van der Waals surface area contributed by atoms with E-state index in [1.165, 1.54) is 24.3 Å². The number of hydrogen-bond acceptors (Lipinski definition) is 4. The van der Waals surface area contributed by atoms with Crippen molar-refractivity contribution in [2.24, 2.45) is 0 Å². The highest BCUT2D eigenvalue weighted by atomic mass is 79.9. The molecule has 1 heterocycles. The van der Waals surface area contributed by atoms with Crippen LogP contribution in [0.1, 0.15) is 4.88 Å². The number of sulfonamides is 1. The lowest BCUT2D eigenvalue weighted by Gasteiger charge is -2.09. The monoisotopic (exact) mass is 365 g/mol. The molecule has 2 N–H and O–H groups in total. The lowest BCUT2D eigenvalue weighted by Crippen LogP contribution is -2.14. The molecule has 0 saturated carbocycles. The van der Waals surface area contributed by atoms with E-state index in [-0.39, 0.29) is 17.2 Å². The number of nitrogens with one attached hydrogen (secondary N) is 1. The van der Waals surface area contributed by atoms with Crippen molar-refractivity contribution in [3.8, 4) is 0 Å². The molecule has 1 aromatic heterocycles. The molecule has 0 fully saturated rings. The van der Waals surface area contributed by atoms with Crippen molar-refractivity contribution >= 4 is 43.0 Å². The minimum absolute atomic E-state index is 0.0395. The fourth-order valence-electron chi connectivity index (χ4n) is 1.46. The highest BCUT2D eigenvalue weighted by molar-refractivity contribution is 9.10. The van der Waals surface area contributed by atoms with E-state index in [1.807, 2.05) is 0 Å². The molecule has 4 nitrogen and oxygen atoms in total. The number of aliphatic hydroxyl groups is 1. The van der Waals surface area contributed by atoms with Gasteiger partial charge in [0.05, 0.1) is 17.2 Å². The first-order chi connectivity index (χ1) is 8.94. The van der Waals surface area contributed by atoms with Crippen LogP contribution in [0.3, 0.4) is 0 Å². The van der Waals surface area contributed by atoms with Crippen LogP contribution in [0, 0.1) is 5.82 Å². The SMILES string of the molecule is O=S(=O)(Nc1ccc(Br)cc1F)c1ccsc1CO. The molecule has 0 aliphatic carbocycles. The van der Waals surface area contributed by atoms with E-state index in [9.17, 15) is 12.8 Å². The molecule has 0 amide bonds. The maximum absolute atomic E-state index is 13.6. The van der Waals surface area contributed by atoms with Crippen LogP contribution in [0.15, 0.2) is 39.0 Å². The molecule has 19 heavy (non-hydrogen) atoms. The average molecular weight is 366 g/mol. The molecule has 0 radical (unpaired) electrons. The topological polar surface area (TPSA) is 66.4 Å². The molecule has 2 aromatic rings. The van der Waals surface area contributed by atoms with Gasteiger partial charge in [-0.15, -0.1) is 11.3 Å². The van der Waals surface area contributed by atoms with Gasteiger partial charge in [0.25, 0.3) is 10.0 Å². The third-order valence-electron chi connectivity index (χ3n) is 2.31. The Balaban J connectivity index is 2.37. The molecule has 1 aromatic carbocycles. The summed E-state index contributed by atoms with van der Waals surface area (Å²) in [6, 6.07) is 5.39. The molecule has 0 spiro atoms. The molecule has 0 bridgehead atoms. The zero-order chi connectivity index (χ0) is 14.0. The molecular weight excluding hydrogens is 357 g/mol. The van der Waals surface area contributed by atoms with E-state index in [0.717, 1.165) is 11.3 Å². The van der Waals surface area contributed by atoms with Gasteiger partial charge in [-0.25, -0.2) is 12.8 Å². The maximum Gasteiger partial charge on any atom is 0.263 e. The lowest BCUT2D eigenvalue weighted by molar-refractivity contribution is 0.282. The quantitative estimate of drug-likeness (QED) is 0.875. The Morgan fingerprint density at radius 1 is 1.37 bits per heavy atom. The highest BCUT2D eigenvalue weighted by Crippen LogP contribution is 2.26. The third kappa shape index (κ3) is 3.14. The van der Waals surface area contributed by atoms with Gasteiger partial charge in [0.1, 0.15) is 10.7 Å². The molecule has 0 unspecified atom stereocenters.